The van der Waals surface area contributed by atoms with Crippen LogP contribution in [0.5, 0.6) is 0 Å². The van der Waals surface area contributed by atoms with Crippen LogP contribution in [-0.4, -0.2) is 21.5 Å². The Kier molecular flexibility index (Phi) is 5.81. The summed E-state index contributed by atoms with van der Waals surface area (Å²) in [5, 5.41) is 10.0. The molecule has 0 aliphatic carbocycles. The predicted octanol–water partition coefficient (Wildman–Crippen LogP) is 3.07. The Hall–Kier alpha value is -3.19. The van der Waals surface area contributed by atoms with Crippen LogP contribution in [0, 0.1) is 25.0 Å². The summed E-state index contributed by atoms with van der Waals surface area (Å²) in [7, 11) is 1.77. The van der Waals surface area contributed by atoms with Crippen LogP contribution in [-0.2, 0) is 13.6 Å². The van der Waals surface area contributed by atoms with Crippen molar-refractivity contribution in [3.63, 3.8) is 0 Å². The number of rotatable bonds is 6. The van der Waals surface area contributed by atoms with Gasteiger partial charge in [-0.05, 0) is 6.07 Å². The molecule has 152 valence electrons. The molecular formula is C21H20AtN7O. The van der Waals surface area contributed by atoms with Crippen molar-refractivity contribution >= 4 is 34.5 Å². The third kappa shape index (κ3) is 4.68. The molecule has 0 saturated heterocycles. The van der Waals surface area contributed by atoms with Crippen molar-refractivity contribution in [2.45, 2.75) is 6.54 Å². The number of fused-ring (bicyclic) bond motifs is 1. The predicted molar refractivity (Wildman–Crippen MR) is 114 cm³/mol. The van der Waals surface area contributed by atoms with E-state index in [2.05, 4.69) is 35.7 Å². The van der Waals surface area contributed by atoms with Crippen molar-refractivity contribution < 1.29 is 29.8 Å². The molecule has 9 heteroatoms. The normalized spacial score (nSPS) is 13.1. The van der Waals surface area contributed by atoms with E-state index in [-0.39, 0.29) is 5.91 Å². The fourth-order valence-electron chi connectivity index (χ4n) is 2.99. The zero-order valence-corrected chi connectivity index (χ0v) is 19.1. The molecule has 8 nitrogen and oxygen atoms in total. The number of anilines is 3. The van der Waals surface area contributed by atoms with Gasteiger partial charge in [0.2, 0.25) is 0 Å². The van der Waals surface area contributed by atoms with Crippen LogP contribution in [0.25, 0.3) is 0 Å². The van der Waals surface area contributed by atoms with Crippen molar-refractivity contribution in [3.05, 3.63) is 78.3 Å². The van der Waals surface area contributed by atoms with E-state index in [9.17, 15) is 4.79 Å². The van der Waals surface area contributed by atoms with Crippen LogP contribution in [0.2, 0.25) is 0 Å². The van der Waals surface area contributed by atoms with E-state index < -0.39 is 0 Å². The first kappa shape index (κ1) is 20.1. The van der Waals surface area contributed by atoms with E-state index in [0.29, 0.717) is 17.1 Å². The standard InChI is InChI=1S/C21H20AtN7O/c1-28-12-15(11-25-28)21(30)27-17-4-2-3-16(10-17)24-8-7-20(23)26-18-5-6-19-14(9-18)13-29(19)22/h2-12,24H,13H2,1H3,(H2,23,26)(H,27,30)/b8-7-. The van der Waals surface area contributed by atoms with Crippen molar-refractivity contribution in [2.75, 3.05) is 13.5 Å². The molecule has 4 rings (SSSR count). The number of hydrogen-bond donors (Lipinski definition) is 3. The summed E-state index contributed by atoms with van der Waals surface area (Å²) in [6, 6.07) is 13.5. The molecule has 0 saturated carbocycles. The Morgan fingerprint density at radius 1 is 1.27 bits per heavy atom. The van der Waals surface area contributed by atoms with Gasteiger partial charge in [-0.2, -0.15) is 5.10 Å². The molecule has 1 amide bonds. The second-order valence-corrected chi connectivity index (χ2v) is 8.37. The number of nitrogens with zero attached hydrogens (tertiary/aromatic N) is 4. The van der Waals surface area contributed by atoms with Gasteiger partial charge in [0.15, 0.2) is 0 Å². The van der Waals surface area contributed by atoms with Crippen LogP contribution in [0.1, 0.15) is 15.9 Å². The first-order chi connectivity index (χ1) is 14.5. The van der Waals surface area contributed by atoms with Crippen molar-refractivity contribution in [1.29, 1.82) is 0 Å². The molecule has 4 N–H and O–H groups in total. The number of aliphatic imine (C=N–C) groups is 1. The number of hydrogen-bond acceptors (Lipinski definition) is 5. The summed E-state index contributed by atoms with van der Waals surface area (Å²) >= 11 is 1.65. The minimum atomic E-state index is -0.210. The van der Waals surface area contributed by atoms with Gasteiger partial charge in [0.1, 0.15) is 0 Å². The molecule has 0 radical (unpaired) electrons. The summed E-state index contributed by atoms with van der Waals surface area (Å²) in [5.41, 5.74) is 11.4. The summed E-state index contributed by atoms with van der Waals surface area (Å²) in [5.74, 6) is 0.192. The number of aromatic nitrogens is 2. The topological polar surface area (TPSA) is 101 Å². The Morgan fingerprint density at radius 2 is 2.10 bits per heavy atom. The number of nitrogens with two attached hydrogens (primary N) is 1. The van der Waals surface area contributed by atoms with Gasteiger partial charge >= 0.3 is 122 Å². The quantitative estimate of drug-likeness (QED) is 0.300. The van der Waals surface area contributed by atoms with Gasteiger partial charge in [0.25, 0.3) is 5.91 Å². The number of amides is 1. The molecule has 2 heterocycles. The first-order valence-electron chi connectivity index (χ1n) is 9.21. The van der Waals surface area contributed by atoms with Gasteiger partial charge in [0, 0.05) is 18.9 Å². The molecule has 0 bridgehead atoms. The van der Waals surface area contributed by atoms with E-state index in [1.54, 1.807) is 55.2 Å². The monoisotopic (exact) mass is 596 g/mol. The molecule has 1 aliphatic heterocycles. The van der Waals surface area contributed by atoms with E-state index in [0.717, 1.165) is 17.9 Å². The Bertz CT molecular complexity index is 1150. The zero-order valence-electron chi connectivity index (χ0n) is 16.2. The SMILES string of the molecule is Cn1cc(C(=O)Nc2cccc(N/C=C\C(N)=Nc3ccc4c(c3)CN4[At])c2)cn1. The fourth-order valence-corrected chi connectivity index (χ4v) is 4.13. The molecule has 0 unspecified atom stereocenters. The average molecular weight is 596 g/mol. The summed E-state index contributed by atoms with van der Waals surface area (Å²) in [6.07, 6.45) is 6.62. The van der Waals surface area contributed by atoms with Gasteiger partial charge in [-0.25, -0.2) is 0 Å². The molecule has 1 aliphatic rings. The van der Waals surface area contributed by atoms with E-state index in [1.807, 2.05) is 30.3 Å². The summed E-state index contributed by atoms with van der Waals surface area (Å²) in [6.45, 7) is 0.959. The number of carbonyl (C=O) groups excluding carboxylic acids is 1. The van der Waals surface area contributed by atoms with Crippen LogP contribution < -0.4 is 19.2 Å². The summed E-state index contributed by atoms with van der Waals surface area (Å²) < 4.78 is 3.83. The minimum absolute atomic E-state index is 0.210. The maximum absolute atomic E-state index is 12.2. The van der Waals surface area contributed by atoms with Crippen molar-refractivity contribution in [1.82, 2.24) is 9.78 Å². The maximum atomic E-state index is 12.2. The van der Waals surface area contributed by atoms with Crippen LogP contribution >= 0.6 is 0 Å². The van der Waals surface area contributed by atoms with E-state index in [4.69, 9.17) is 5.73 Å². The van der Waals surface area contributed by atoms with Gasteiger partial charge in [-0.3, -0.25) is 9.48 Å². The number of benzene rings is 2. The van der Waals surface area contributed by atoms with Gasteiger partial charge in [-0.1, -0.05) is 6.07 Å². The second-order valence-electron chi connectivity index (χ2n) is 6.79. The Labute approximate surface area is 189 Å². The molecule has 2 aromatic carbocycles. The van der Waals surface area contributed by atoms with E-state index in [1.165, 1.54) is 17.4 Å². The first-order valence-corrected chi connectivity index (χ1v) is 10.5. The van der Waals surface area contributed by atoms with Gasteiger partial charge in [-0.15, -0.1) is 0 Å². The van der Waals surface area contributed by atoms with Crippen molar-refractivity contribution in [3.8, 4) is 0 Å². The van der Waals surface area contributed by atoms with Gasteiger partial charge in [0.05, 0.1) is 11.8 Å². The van der Waals surface area contributed by atoms with E-state index >= 15 is 0 Å². The Morgan fingerprint density at radius 3 is 2.83 bits per heavy atom. The third-order valence-electron chi connectivity index (χ3n) is 4.48. The molecule has 0 fully saturated rings. The van der Waals surface area contributed by atoms with Crippen LogP contribution in [0.15, 0.2) is 72.1 Å². The Balaban J connectivity index is 1.36. The molecule has 30 heavy (non-hydrogen) atoms. The fraction of sp³-hybridized carbons (Fsp3) is 0.0952. The number of carbonyl (C=O) groups is 1. The number of amidine groups is 1. The smallest absolute Gasteiger partial charge is 0.181 e. The number of nitrogens with one attached hydrogen (secondary N) is 2. The van der Waals surface area contributed by atoms with Gasteiger partial charge < -0.3 is 5.32 Å². The molecular weight excluding hydrogens is 576 g/mol. The number of aryl methyl sites for hydroxylation is 1. The minimum Gasteiger partial charge on any atom is -0.181 e. The molecule has 0 atom stereocenters. The zero-order chi connectivity index (χ0) is 21.1. The van der Waals surface area contributed by atoms with Crippen LogP contribution in [0.4, 0.5) is 22.7 Å². The molecule has 0 spiro atoms. The van der Waals surface area contributed by atoms with Crippen molar-refractivity contribution in [2.24, 2.45) is 17.8 Å². The second kappa shape index (κ2) is 8.67. The third-order valence-corrected chi connectivity index (χ3v) is 5.66. The summed E-state index contributed by atoms with van der Waals surface area (Å²) in [4.78, 5) is 16.7. The van der Waals surface area contributed by atoms with Crippen LogP contribution in [0.3, 0.4) is 0 Å². The average Bonchev–Trinajstić information content (AvgIpc) is 3.14. The molecule has 3 aromatic rings. The molecule has 1 aromatic heterocycles.